The summed E-state index contributed by atoms with van der Waals surface area (Å²) >= 11 is 0. The van der Waals surface area contributed by atoms with Crippen molar-refractivity contribution in [3.8, 4) is 11.6 Å². The van der Waals surface area contributed by atoms with Gasteiger partial charge in [0.1, 0.15) is 5.69 Å². The van der Waals surface area contributed by atoms with E-state index in [1.165, 1.54) is 0 Å². The second kappa shape index (κ2) is 4.39. The lowest BCUT2D eigenvalue weighted by Crippen LogP contribution is -2.10. The van der Waals surface area contributed by atoms with Crippen LogP contribution < -0.4 is 9.39 Å². The van der Waals surface area contributed by atoms with E-state index in [-0.39, 0.29) is 11.6 Å². The van der Waals surface area contributed by atoms with Crippen molar-refractivity contribution in [1.82, 2.24) is 4.98 Å². The first kappa shape index (κ1) is 11.6. The van der Waals surface area contributed by atoms with Crippen LogP contribution in [0.25, 0.3) is 0 Å². The first-order chi connectivity index (χ1) is 6.99. The van der Waals surface area contributed by atoms with Gasteiger partial charge in [0, 0.05) is 0 Å². The third-order valence-corrected chi connectivity index (χ3v) is 1.49. The van der Waals surface area contributed by atoms with E-state index in [1.54, 1.807) is 0 Å². The van der Waals surface area contributed by atoms with Gasteiger partial charge in [-0.2, -0.15) is 13.2 Å². The van der Waals surface area contributed by atoms with E-state index in [1.807, 2.05) is 0 Å². The molecule has 1 radical (unpaired) electrons. The highest BCUT2D eigenvalue weighted by Crippen LogP contribution is 2.32. The van der Waals surface area contributed by atoms with Crippen molar-refractivity contribution in [2.24, 2.45) is 0 Å². The number of halogens is 3. The fourth-order valence-corrected chi connectivity index (χ4v) is 0.878. The summed E-state index contributed by atoms with van der Waals surface area (Å²) in [6.07, 6.45) is -4.55. The van der Waals surface area contributed by atoms with E-state index >= 15 is 0 Å². The first-order valence-corrected chi connectivity index (χ1v) is 3.74. The molecule has 0 aromatic carbocycles. The molecule has 81 valence electrons. The van der Waals surface area contributed by atoms with Crippen molar-refractivity contribution in [2.75, 3.05) is 7.11 Å². The maximum atomic E-state index is 12.2. The summed E-state index contributed by atoms with van der Waals surface area (Å²) in [5, 5.41) is 8.32. The number of aromatic nitrogens is 1. The third-order valence-electron chi connectivity index (χ3n) is 1.49. The Balaban J connectivity index is 3.08. The number of hydrogen-bond donors (Lipinski definition) is 1. The normalized spacial score (nSPS) is 11.0. The molecule has 15 heavy (non-hydrogen) atoms. The minimum atomic E-state index is -4.55. The molecule has 4 nitrogen and oxygen atoms in total. The van der Waals surface area contributed by atoms with Gasteiger partial charge in [-0.3, -0.25) is 0 Å². The Bertz CT molecular complexity index is 345. The second-order valence-electron chi connectivity index (χ2n) is 2.42. The third kappa shape index (κ3) is 2.75. The van der Waals surface area contributed by atoms with E-state index in [2.05, 4.69) is 14.4 Å². The van der Waals surface area contributed by atoms with Gasteiger partial charge in [-0.25, -0.2) is 4.98 Å². The van der Waals surface area contributed by atoms with Crippen LogP contribution in [0, 0.1) is 0 Å². The molecule has 0 aliphatic rings. The van der Waals surface area contributed by atoms with Crippen molar-refractivity contribution >= 4 is 7.69 Å². The van der Waals surface area contributed by atoms with Crippen molar-refractivity contribution in [3.05, 3.63) is 17.8 Å². The monoisotopic (exact) mass is 220 g/mol. The Kier molecular flexibility index (Phi) is 3.41. The topological polar surface area (TPSA) is 51.6 Å². The molecule has 0 saturated heterocycles. The number of alkyl halides is 3. The average Bonchev–Trinajstić information content (AvgIpc) is 2.17. The van der Waals surface area contributed by atoms with Gasteiger partial charge >= 0.3 is 13.9 Å². The largest absolute Gasteiger partial charge is 0.569 e. The van der Waals surface area contributed by atoms with Gasteiger partial charge in [0.05, 0.1) is 7.11 Å². The Labute approximate surface area is 84.0 Å². The van der Waals surface area contributed by atoms with Gasteiger partial charge in [0.25, 0.3) is 5.88 Å². The molecule has 0 aliphatic carbocycles. The molecule has 1 aromatic rings. The number of hydrogen-bond acceptors (Lipinski definition) is 4. The van der Waals surface area contributed by atoms with Gasteiger partial charge in [-0.1, -0.05) is 0 Å². The number of rotatable bonds is 3. The van der Waals surface area contributed by atoms with Gasteiger partial charge in [-0.15, -0.1) is 0 Å². The van der Waals surface area contributed by atoms with E-state index in [0.717, 1.165) is 19.2 Å². The van der Waals surface area contributed by atoms with E-state index in [9.17, 15) is 13.2 Å². The maximum absolute atomic E-state index is 12.2. The molecule has 0 aliphatic heterocycles. The highest BCUT2D eigenvalue weighted by Gasteiger charge is 2.33. The molecule has 1 N–H and O–H groups in total. The summed E-state index contributed by atoms with van der Waals surface area (Å²) in [5.74, 6) is -0.455. The van der Waals surface area contributed by atoms with Crippen LogP contribution in [-0.4, -0.2) is 24.8 Å². The Hall–Kier alpha value is -1.44. The summed E-state index contributed by atoms with van der Waals surface area (Å²) in [6.45, 7) is 0. The lowest BCUT2D eigenvalue weighted by molar-refractivity contribution is -0.141. The van der Waals surface area contributed by atoms with Crippen molar-refractivity contribution in [1.29, 1.82) is 0 Å². The van der Waals surface area contributed by atoms with Crippen LogP contribution in [0.5, 0.6) is 11.6 Å². The number of ether oxygens (including phenoxy) is 1. The fourth-order valence-electron chi connectivity index (χ4n) is 0.878. The SMILES string of the molecule is COc1nc(C(F)(F)F)ccc1O[B]O. The van der Waals surface area contributed by atoms with Crippen LogP contribution in [0.15, 0.2) is 12.1 Å². The van der Waals surface area contributed by atoms with Crippen LogP contribution in [0.1, 0.15) is 5.69 Å². The lowest BCUT2D eigenvalue weighted by atomic mass is 10.3. The summed E-state index contributed by atoms with van der Waals surface area (Å²) < 4.78 is 45.7. The molecule has 8 heteroatoms. The summed E-state index contributed by atoms with van der Waals surface area (Å²) in [4.78, 5) is 3.18. The highest BCUT2D eigenvalue weighted by molar-refractivity contribution is 6.17. The van der Waals surface area contributed by atoms with Crippen LogP contribution in [0.4, 0.5) is 13.2 Å². The smallest absolute Gasteiger partial charge is 0.534 e. The van der Waals surface area contributed by atoms with Crippen molar-refractivity contribution in [2.45, 2.75) is 6.18 Å². The molecular formula is C7H6BF3NO3. The Morgan fingerprint density at radius 1 is 1.40 bits per heavy atom. The molecule has 0 unspecified atom stereocenters. The molecule has 0 fully saturated rings. The standard InChI is InChI=1S/C7H6BF3NO3/c1-14-6-4(15-8-13)2-3-5(12-6)7(9,10)11/h2-3,13H,1H3. The Morgan fingerprint density at radius 2 is 2.07 bits per heavy atom. The van der Waals surface area contributed by atoms with Gasteiger partial charge < -0.3 is 14.4 Å². The zero-order chi connectivity index (χ0) is 11.5. The highest BCUT2D eigenvalue weighted by atomic mass is 19.4. The number of pyridine rings is 1. The molecule has 0 bridgehead atoms. The van der Waals surface area contributed by atoms with E-state index < -0.39 is 11.9 Å². The van der Waals surface area contributed by atoms with Crippen LogP contribution in [0.2, 0.25) is 0 Å². The number of nitrogens with zero attached hydrogens (tertiary/aromatic N) is 1. The first-order valence-electron chi connectivity index (χ1n) is 3.74. The predicted molar refractivity (Wildman–Crippen MR) is 44.4 cm³/mol. The molecule has 0 amide bonds. The quantitative estimate of drug-likeness (QED) is 0.772. The fraction of sp³-hybridized carbons (Fsp3) is 0.286. The zero-order valence-corrected chi connectivity index (χ0v) is 7.58. The Morgan fingerprint density at radius 3 is 2.53 bits per heavy atom. The predicted octanol–water partition coefficient (Wildman–Crippen LogP) is 1.01. The van der Waals surface area contributed by atoms with E-state index in [0.29, 0.717) is 7.69 Å². The minimum absolute atomic E-state index is 0.104. The molecule has 0 spiro atoms. The molecule has 1 rings (SSSR count). The van der Waals surface area contributed by atoms with Gasteiger partial charge in [0.15, 0.2) is 5.75 Å². The summed E-state index contributed by atoms with van der Waals surface area (Å²) in [6, 6.07) is 1.72. The molecule has 0 saturated carbocycles. The van der Waals surface area contributed by atoms with Crippen LogP contribution in [0.3, 0.4) is 0 Å². The average molecular weight is 220 g/mol. The molecule has 1 heterocycles. The van der Waals surface area contributed by atoms with Crippen LogP contribution >= 0.6 is 0 Å². The van der Waals surface area contributed by atoms with Crippen molar-refractivity contribution in [3.63, 3.8) is 0 Å². The molecule has 1 aromatic heterocycles. The summed E-state index contributed by atoms with van der Waals surface area (Å²) in [5.41, 5.74) is -1.09. The zero-order valence-electron chi connectivity index (χ0n) is 7.58. The van der Waals surface area contributed by atoms with Crippen molar-refractivity contribution < 1.29 is 27.6 Å². The van der Waals surface area contributed by atoms with Gasteiger partial charge in [-0.05, 0) is 12.1 Å². The molecular weight excluding hydrogens is 214 g/mol. The van der Waals surface area contributed by atoms with Crippen LogP contribution in [-0.2, 0) is 6.18 Å². The maximum Gasteiger partial charge on any atom is 0.569 e. The second-order valence-corrected chi connectivity index (χ2v) is 2.42. The molecule has 0 atom stereocenters. The van der Waals surface area contributed by atoms with E-state index in [4.69, 9.17) is 5.02 Å². The lowest BCUT2D eigenvalue weighted by Gasteiger charge is -2.10. The minimum Gasteiger partial charge on any atom is -0.534 e. The number of methoxy groups -OCH3 is 1. The summed E-state index contributed by atoms with van der Waals surface area (Å²) in [7, 11) is 1.47. The van der Waals surface area contributed by atoms with Gasteiger partial charge in [0.2, 0.25) is 0 Å².